The Hall–Kier alpha value is -2.62. The van der Waals surface area contributed by atoms with Crippen molar-refractivity contribution >= 4 is 17.6 Å². The van der Waals surface area contributed by atoms with Crippen LogP contribution in [0.4, 0.5) is 5.69 Å². The molecule has 1 amide bonds. The number of anilines is 1. The lowest BCUT2D eigenvalue weighted by Gasteiger charge is -2.21. The molecule has 26 heavy (non-hydrogen) atoms. The van der Waals surface area contributed by atoms with Gasteiger partial charge >= 0.3 is 5.97 Å². The summed E-state index contributed by atoms with van der Waals surface area (Å²) >= 11 is 0. The quantitative estimate of drug-likeness (QED) is 0.739. The van der Waals surface area contributed by atoms with Crippen molar-refractivity contribution in [2.24, 2.45) is 5.92 Å². The maximum atomic E-state index is 12.6. The predicted molar refractivity (Wildman–Crippen MR) is 104 cm³/mol. The molecular weight excluding hydrogens is 326 g/mol. The smallest absolute Gasteiger partial charge is 0.314 e. The average Bonchev–Trinajstić information content (AvgIpc) is 2.63. The number of amides is 1. The van der Waals surface area contributed by atoms with Crippen LogP contribution < -0.4 is 5.32 Å². The first kappa shape index (κ1) is 19.7. The topological polar surface area (TPSA) is 55.4 Å². The van der Waals surface area contributed by atoms with Crippen LogP contribution in [-0.2, 0) is 14.3 Å². The monoisotopic (exact) mass is 353 g/mol. The van der Waals surface area contributed by atoms with E-state index in [-0.39, 0.29) is 30.3 Å². The first-order valence-electron chi connectivity index (χ1n) is 9.01. The van der Waals surface area contributed by atoms with Gasteiger partial charge in [0.15, 0.2) is 6.61 Å². The van der Waals surface area contributed by atoms with E-state index in [2.05, 4.69) is 5.32 Å². The first-order valence-corrected chi connectivity index (χ1v) is 9.01. The predicted octanol–water partition coefficient (Wildman–Crippen LogP) is 4.62. The van der Waals surface area contributed by atoms with Gasteiger partial charge < -0.3 is 10.1 Å². The van der Waals surface area contributed by atoms with Gasteiger partial charge in [0.05, 0.1) is 5.92 Å². The minimum atomic E-state index is -0.366. The zero-order valence-corrected chi connectivity index (χ0v) is 15.9. The van der Waals surface area contributed by atoms with Gasteiger partial charge in [-0.2, -0.15) is 0 Å². The van der Waals surface area contributed by atoms with E-state index in [1.165, 1.54) is 0 Å². The molecule has 0 radical (unpaired) electrons. The van der Waals surface area contributed by atoms with Crippen LogP contribution in [0.5, 0.6) is 0 Å². The molecule has 0 spiro atoms. The molecule has 138 valence electrons. The second kappa shape index (κ2) is 9.18. The molecule has 0 aliphatic rings. The summed E-state index contributed by atoms with van der Waals surface area (Å²) in [5.41, 5.74) is 3.76. The van der Waals surface area contributed by atoms with E-state index in [4.69, 9.17) is 4.74 Å². The Morgan fingerprint density at radius 1 is 1.08 bits per heavy atom. The number of esters is 1. The highest BCUT2D eigenvalue weighted by Gasteiger charge is 2.27. The van der Waals surface area contributed by atoms with Crippen LogP contribution in [0.25, 0.3) is 0 Å². The van der Waals surface area contributed by atoms with E-state index in [0.717, 1.165) is 28.8 Å². The number of hydrogen-bond acceptors (Lipinski definition) is 3. The second-order valence-corrected chi connectivity index (χ2v) is 6.75. The molecule has 0 aliphatic heterocycles. The van der Waals surface area contributed by atoms with Gasteiger partial charge in [0, 0.05) is 5.69 Å². The van der Waals surface area contributed by atoms with Gasteiger partial charge in [-0.1, -0.05) is 68.3 Å². The number of ether oxygens (including phenoxy) is 1. The number of benzene rings is 2. The molecule has 1 N–H and O–H groups in total. The summed E-state index contributed by atoms with van der Waals surface area (Å²) in [5.74, 6) is -0.926. The Kier molecular flexibility index (Phi) is 6.96. The highest BCUT2D eigenvalue weighted by molar-refractivity contribution is 5.94. The highest BCUT2D eigenvalue weighted by Crippen LogP contribution is 2.28. The van der Waals surface area contributed by atoms with Crippen molar-refractivity contribution in [1.82, 2.24) is 0 Å². The summed E-state index contributed by atoms with van der Waals surface area (Å²) in [6.07, 6.45) is 0.851. The van der Waals surface area contributed by atoms with E-state index in [1.807, 2.05) is 76.2 Å². The molecule has 2 atom stereocenters. The molecular formula is C22H27NO3. The van der Waals surface area contributed by atoms with Crippen molar-refractivity contribution in [3.05, 3.63) is 65.2 Å². The Morgan fingerprint density at radius 2 is 1.77 bits per heavy atom. The average molecular weight is 353 g/mol. The van der Waals surface area contributed by atoms with Gasteiger partial charge in [0.25, 0.3) is 5.91 Å². The van der Waals surface area contributed by atoms with E-state index < -0.39 is 0 Å². The maximum Gasteiger partial charge on any atom is 0.314 e. The van der Waals surface area contributed by atoms with Crippen molar-refractivity contribution in [1.29, 1.82) is 0 Å². The largest absolute Gasteiger partial charge is 0.455 e. The summed E-state index contributed by atoms with van der Waals surface area (Å²) in [4.78, 5) is 24.8. The Morgan fingerprint density at radius 3 is 2.38 bits per heavy atom. The van der Waals surface area contributed by atoms with Gasteiger partial charge in [0.2, 0.25) is 0 Å². The second-order valence-electron chi connectivity index (χ2n) is 6.75. The van der Waals surface area contributed by atoms with E-state index in [9.17, 15) is 9.59 Å². The number of aryl methyl sites for hydroxylation is 2. The molecule has 0 saturated heterocycles. The van der Waals surface area contributed by atoms with E-state index in [1.54, 1.807) is 0 Å². The van der Waals surface area contributed by atoms with Crippen molar-refractivity contribution in [2.45, 2.75) is 40.0 Å². The van der Waals surface area contributed by atoms with Crippen LogP contribution in [0.3, 0.4) is 0 Å². The molecule has 0 aliphatic carbocycles. The van der Waals surface area contributed by atoms with Crippen molar-refractivity contribution in [3.8, 4) is 0 Å². The molecule has 2 rings (SSSR count). The van der Waals surface area contributed by atoms with Crippen LogP contribution in [0.15, 0.2) is 48.5 Å². The molecule has 2 aromatic carbocycles. The SMILES string of the molecule is CC[C@H](C)[C@H](C(=O)OCC(=O)Nc1ccc(C)cc1C)c1ccccc1. The van der Waals surface area contributed by atoms with Crippen LogP contribution in [0.2, 0.25) is 0 Å². The molecule has 0 aromatic heterocycles. The van der Waals surface area contributed by atoms with Crippen molar-refractivity contribution in [2.75, 3.05) is 11.9 Å². The lowest BCUT2D eigenvalue weighted by atomic mass is 9.86. The van der Waals surface area contributed by atoms with Gasteiger partial charge in [0.1, 0.15) is 0 Å². The number of hydrogen-bond donors (Lipinski definition) is 1. The fraction of sp³-hybridized carbons (Fsp3) is 0.364. The number of rotatable bonds is 7. The minimum absolute atomic E-state index is 0.132. The molecule has 0 bridgehead atoms. The van der Waals surface area contributed by atoms with Gasteiger partial charge in [-0.25, -0.2) is 0 Å². The Bertz CT molecular complexity index is 755. The standard InChI is InChI=1S/C22H27NO3/c1-5-16(3)21(18-9-7-6-8-10-18)22(25)26-14-20(24)23-19-12-11-15(2)13-17(19)4/h6-13,16,21H,5,14H2,1-4H3,(H,23,24)/t16-,21-/m0/s1. The third-order valence-electron chi connectivity index (χ3n) is 4.63. The van der Waals surface area contributed by atoms with Crippen LogP contribution >= 0.6 is 0 Å². The number of carbonyl (C=O) groups is 2. The molecule has 4 nitrogen and oxygen atoms in total. The zero-order chi connectivity index (χ0) is 19.1. The fourth-order valence-corrected chi connectivity index (χ4v) is 2.96. The number of nitrogens with one attached hydrogen (secondary N) is 1. The van der Waals surface area contributed by atoms with Crippen LogP contribution in [0, 0.1) is 19.8 Å². The van der Waals surface area contributed by atoms with Crippen molar-refractivity contribution < 1.29 is 14.3 Å². The molecule has 0 fully saturated rings. The third kappa shape index (κ3) is 5.19. The summed E-state index contributed by atoms with van der Waals surface area (Å²) in [6.45, 7) is 7.71. The van der Waals surface area contributed by atoms with Crippen LogP contribution in [0.1, 0.15) is 42.9 Å². The van der Waals surface area contributed by atoms with E-state index >= 15 is 0 Å². The summed E-state index contributed by atoms with van der Waals surface area (Å²) in [7, 11) is 0. The lowest BCUT2D eigenvalue weighted by Crippen LogP contribution is -2.27. The Balaban J connectivity index is 1.99. The van der Waals surface area contributed by atoms with Crippen LogP contribution in [-0.4, -0.2) is 18.5 Å². The summed E-state index contributed by atoms with van der Waals surface area (Å²) in [5, 5.41) is 2.80. The molecule has 0 saturated carbocycles. The fourth-order valence-electron chi connectivity index (χ4n) is 2.96. The maximum absolute atomic E-state index is 12.6. The summed E-state index contributed by atoms with van der Waals surface area (Å²) in [6, 6.07) is 15.4. The van der Waals surface area contributed by atoms with Gasteiger partial charge in [-0.3, -0.25) is 9.59 Å². The first-order chi connectivity index (χ1) is 12.4. The molecule has 0 heterocycles. The molecule has 2 aromatic rings. The molecule has 0 unspecified atom stereocenters. The Labute approximate surface area is 155 Å². The zero-order valence-electron chi connectivity index (χ0n) is 15.9. The van der Waals surface area contributed by atoms with Gasteiger partial charge in [-0.05, 0) is 37.0 Å². The number of carbonyl (C=O) groups excluding carboxylic acids is 2. The normalized spacial score (nSPS) is 12.9. The van der Waals surface area contributed by atoms with Crippen molar-refractivity contribution in [3.63, 3.8) is 0 Å². The third-order valence-corrected chi connectivity index (χ3v) is 4.63. The minimum Gasteiger partial charge on any atom is -0.455 e. The van der Waals surface area contributed by atoms with Gasteiger partial charge in [-0.15, -0.1) is 0 Å². The highest BCUT2D eigenvalue weighted by atomic mass is 16.5. The molecule has 4 heteroatoms. The lowest BCUT2D eigenvalue weighted by molar-refractivity contribution is -0.150. The van der Waals surface area contributed by atoms with E-state index in [0.29, 0.717) is 0 Å². The summed E-state index contributed by atoms with van der Waals surface area (Å²) < 4.78 is 5.33.